The van der Waals surface area contributed by atoms with Gasteiger partial charge in [-0.05, 0) is 24.3 Å². The molecule has 0 aromatic heterocycles. The number of carbonyl (C=O) groups is 4. The van der Waals surface area contributed by atoms with Gasteiger partial charge in [0, 0.05) is 0 Å². The second-order valence-electron chi connectivity index (χ2n) is 3.55. The summed E-state index contributed by atoms with van der Waals surface area (Å²) < 4.78 is 0. The molecule has 0 unspecified atom stereocenters. The molecule has 0 saturated carbocycles. The average molecular weight is 336 g/mol. The fraction of sp³-hybridized carbons (Fsp3) is 0. The van der Waals surface area contributed by atoms with Gasteiger partial charge in [0.2, 0.25) is 0 Å². The van der Waals surface area contributed by atoms with E-state index >= 15 is 0 Å². The second kappa shape index (κ2) is 15.7. The van der Waals surface area contributed by atoms with E-state index in [-0.39, 0.29) is 12.9 Å². The van der Waals surface area contributed by atoms with Crippen molar-refractivity contribution in [3.05, 3.63) is 71.8 Å². The van der Waals surface area contributed by atoms with Gasteiger partial charge in [-0.25, -0.2) is 9.59 Å². The minimum Gasteiger partial charge on any atom is -0.483 e. The van der Waals surface area contributed by atoms with E-state index in [0.717, 1.165) is 0 Å². The minimum atomic E-state index is -0.879. The number of benzene rings is 2. The fourth-order valence-corrected chi connectivity index (χ4v) is 1.16. The predicted molar refractivity (Wildman–Crippen MR) is 84.2 cm³/mol. The third-order valence-corrected chi connectivity index (χ3v) is 2.04. The van der Waals surface area contributed by atoms with Gasteiger partial charge >= 0.3 is 11.9 Å². The molecule has 0 heterocycles. The van der Waals surface area contributed by atoms with Crippen molar-refractivity contribution in [2.45, 2.75) is 0 Å². The van der Waals surface area contributed by atoms with Crippen molar-refractivity contribution in [3.8, 4) is 0 Å². The fourth-order valence-electron chi connectivity index (χ4n) is 1.16. The smallest absolute Gasteiger partial charge is 0.335 e. The molecule has 2 aromatic rings. The third kappa shape index (κ3) is 13.3. The van der Waals surface area contributed by atoms with Crippen molar-refractivity contribution in [1.29, 1.82) is 0 Å². The van der Waals surface area contributed by atoms with Gasteiger partial charge in [-0.1, -0.05) is 36.4 Å². The highest BCUT2D eigenvalue weighted by Gasteiger charge is 1.97. The van der Waals surface area contributed by atoms with E-state index < -0.39 is 11.9 Å². The van der Waals surface area contributed by atoms with Crippen molar-refractivity contribution in [1.82, 2.24) is 0 Å². The molecule has 8 heteroatoms. The Morgan fingerprint density at radius 3 is 0.958 bits per heavy atom. The first-order valence-electron chi connectivity index (χ1n) is 6.16. The first-order valence-corrected chi connectivity index (χ1v) is 6.16. The minimum absolute atomic E-state index is 0.250. The van der Waals surface area contributed by atoms with Crippen LogP contribution in [0.3, 0.4) is 0 Å². The number of aromatic carboxylic acids is 2. The van der Waals surface area contributed by atoms with Gasteiger partial charge in [0.25, 0.3) is 12.9 Å². The summed E-state index contributed by atoms with van der Waals surface area (Å²) in [7, 11) is 0. The predicted octanol–water partition coefficient (Wildman–Crippen LogP) is 2.17. The lowest BCUT2D eigenvalue weighted by Gasteiger charge is -1.88. The summed E-state index contributed by atoms with van der Waals surface area (Å²) in [5, 5.41) is 30.5. The topological polar surface area (TPSA) is 149 Å². The zero-order valence-electron chi connectivity index (χ0n) is 12.4. The average Bonchev–Trinajstić information content (AvgIpc) is 2.58. The molecule has 2 aromatic carbocycles. The lowest BCUT2D eigenvalue weighted by molar-refractivity contribution is -0.123. The van der Waals surface area contributed by atoms with E-state index in [9.17, 15) is 9.59 Å². The largest absolute Gasteiger partial charge is 0.483 e. The molecule has 24 heavy (non-hydrogen) atoms. The quantitative estimate of drug-likeness (QED) is 0.609. The summed E-state index contributed by atoms with van der Waals surface area (Å²) in [6, 6.07) is 16.6. The molecule has 0 saturated heterocycles. The zero-order valence-corrected chi connectivity index (χ0v) is 12.4. The Kier molecular flexibility index (Phi) is 14.8. The van der Waals surface area contributed by atoms with E-state index in [0.29, 0.717) is 11.1 Å². The second-order valence-corrected chi connectivity index (χ2v) is 3.55. The third-order valence-electron chi connectivity index (χ3n) is 2.04. The van der Waals surface area contributed by atoms with E-state index in [1.165, 1.54) is 0 Å². The maximum absolute atomic E-state index is 10.2. The van der Waals surface area contributed by atoms with Crippen LogP contribution in [0.4, 0.5) is 0 Å². The van der Waals surface area contributed by atoms with Crippen LogP contribution in [-0.4, -0.2) is 45.3 Å². The summed E-state index contributed by atoms with van der Waals surface area (Å²) in [4.78, 5) is 37.1. The number of carboxylic acid groups (broad SMARTS) is 4. The molecule has 128 valence electrons. The highest BCUT2D eigenvalue weighted by molar-refractivity contribution is 5.87. The Hall–Kier alpha value is -3.68. The van der Waals surface area contributed by atoms with E-state index in [1.807, 2.05) is 0 Å². The Morgan fingerprint density at radius 2 is 0.833 bits per heavy atom. The lowest BCUT2D eigenvalue weighted by Crippen LogP contribution is -1.93. The molecule has 4 N–H and O–H groups in total. The Labute approximate surface area is 137 Å². The van der Waals surface area contributed by atoms with E-state index in [1.54, 1.807) is 60.7 Å². The van der Waals surface area contributed by atoms with Gasteiger partial charge < -0.3 is 20.4 Å². The van der Waals surface area contributed by atoms with E-state index in [4.69, 9.17) is 30.0 Å². The first-order chi connectivity index (χ1) is 11.4. The zero-order chi connectivity index (χ0) is 18.8. The molecule has 8 nitrogen and oxygen atoms in total. The maximum atomic E-state index is 10.2. The maximum Gasteiger partial charge on any atom is 0.335 e. The molecule has 0 aliphatic rings. The molecule has 0 aliphatic carbocycles. The number of rotatable bonds is 2. The monoisotopic (exact) mass is 336 g/mol. The van der Waals surface area contributed by atoms with Crippen molar-refractivity contribution in [2.24, 2.45) is 0 Å². The SMILES string of the molecule is O=C(O)c1ccccc1.O=C(O)c1ccccc1.O=CO.O=CO. The molecule has 0 bridgehead atoms. The van der Waals surface area contributed by atoms with Crippen molar-refractivity contribution < 1.29 is 39.6 Å². The van der Waals surface area contributed by atoms with Crippen LogP contribution < -0.4 is 0 Å². The van der Waals surface area contributed by atoms with Crippen molar-refractivity contribution >= 4 is 24.9 Å². The Balaban J connectivity index is 0. The van der Waals surface area contributed by atoms with Gasteiger partial charge in [0.05, 0.1) is 11.1 Å². The number of carboxylic acids is 2. The molecular weight excluding hydrogens is 320 g/mol. The molecule has 0 amide bonds. The van der Waals surface area contributed by atoms with Gasteiger partial charge in [-0.3, -0.25) is 9.59 Å². The van der Waals surface area contributed by atoms with Crippen molar-refractivity contribution in [3.63, 3.8) is 0 Å². The van der Waals surface area contributed by atoms with Crippen LogP contribution in [0, 0.1) is 0 Å². The normalized spacial score (nSPS) is 7.67. The number of hydrogen-bond acceptors (Lipinski definition) is 4. The molecule has 0 spiro atoms. The molecular formula is C16H16O8. The molecule has 0 fully saturated rings. The van der Waals surface area contributed by atoms with Crippen LogP contribution in [0.15, 0.2) is 60.7 Å². The van der Waals surface area contributed by atoms with Crippen molar-refractivity contribution in [2.75, 3.05) is 0 Å². The van der Waals surface area contributed by atoms with Crippen LogP contribution in [0.5, 0.6) is 0 Å². The Morgan fingerprint density at radius 1 is 0.625 bits per heavy atom. The Bertz CT molecular complexity index is 540. The lowest BCUT2D eigenvalue weighted by atomic mass is 10.2. The van der Waals surface area contributed by atoms with Crippen LogP contribution in [0.2, 0.25) is 0 Å². The molecule has 0 atom stereocenters. The summed E-state index contributed by atoms with van der Waals surface area (Å²) >= 11 is 0. The highest BCUT2D eigenvalue weighted by atomic mass is 16.4. The van der Waals surface area contributed by atoms with Gasteiger partial charge in [-0.15, -0.1) is 0 Å². The molecule has 0 radical (unpaired) electrons. The summed E-state index contributed by atoms with van der Waals surface area (Å²) in [5.74, 6) is -1.76. The van der Waals surface area contributed by atoms with Crippen LogP contribution in [0.25, 0.3) is 0 Å². The molecule has 0 aliphatic heterocycles. The number of hydrogen-bond donors (Lipinski definition) is 4. The molecule has 2 rings (SSSR count). The summed E-state index contributed by atoms with van der Waals surface area (Å²) in [6.07, 6.45) is 0. The van der Waals surface area contributed by atoms with Crippen LogP contribution in [-0.2, 0) is 9.59 Å². The van der Waals surface area contributed by atoms with Gasteiger partial charge in [-0.2, -0.15) is 0 Å². The van der Waals surface area contributed by atoms with E-state index in [2.05, 4.69) is 0 Å². The summed E-state index contributed by atoms with van der Waals surface area (Å²) in [6.45, 7) is -0.500. The summed E-state index contributed by atoms with van der Waals surface area (Å²) in [5.41, 5.74) is 0.662. The standard InChI is InChI=1S/2C7H6O2.2CH2O2/c2*8-7(9)6-4-2-1-3-5-6;2*2-1-3/h2*1-5H,(H,8,9);2*1H,(H,2,3). The van der Waals surface area contributed by atoms with Crippen LogP contribution in [0.1, 0.15) is 20.7 Å². The highest BCUT2D eigenvalue weighted by Crippen LogP contribution is 1.96. The van der Waals surface area contributed by atoms with Gasteiger partial charge in [0.1, 0.15) is 0 Å². The van der Waals surface area contributed by atoms with Gasteiger partial charge in [0.15, 0.2) is 0 Å². The first kappa shape index (κ1) is 22.6. The van der Waals surface area contributed by atoms with Crippen LogP contribution >= 0.6 is 0 Å².